The second-order valence-corrected chi connectivity index (χ2v) is 4.93. The van der Waals surface area contributed by atoms with E-state index in [1.54, 1.807) is 0 Å². The van der Waals surface area contributed by atoms with Gasteiger partial charge in [0.05, 0.1) is 17.1 Å². The first-order valence-corrected chi connectivity index (χ1v) is 6.52. The molecular weight excluding hydrogens is 262 g/mol. The number of nitro groups is 1. The van der Waals surface area contributed by atoms with Crippen molar-refractivity contribution in [1.29, 1.82) is 0 Å². The molecule has 2 rings (SSSR count). The van der Waals surface area contributed by atoms with E-state index in [0.29, 0.717) is 12.8 Å². The molecule has 0 bridgehead atoms. The van der Waals surface area contributed by atoms with Crippen molar-refractivity contribution in [3.63, 3.8) is 0 Å². The van der Waals surface area contributed by atoms with Crippen LogP contribution in [0.25, 0.3) is 0 Å². The molecule has 7 nitrogen and oxygen atoms in total. The molecule has 20 heavy (non-hydrogen) atoms. The van der Waals surface area contributed by atoms with E-state index in [-0.39, 0.29) is 17.3 Å². The van der Waals surface area contributed by atoms with Crippen LogP contribution < -0.4 is 11.1 Å². The van der Waals surface area contributed by atoms with Crippen molar-refractivity contribution in [3.05, 3.63) is 33.9 Å². The van der Waals surface area contributed by atoms with Gasteiger partial charge in [0.2, 0.25) is 0 Å². The summed E-state index contributed by atoms with van der Waals surface area (Å²) in [7, 11) is 0. The van der Waals surface area contributed by atoms with Gasteiger partial charge in [0.25, 0.3) is 5.91 Å². The zero-order chi connectivity index (χ0) is 14.7. The fraction of sp³-hybridized carbons (Fsp3) is 0.462. The SMILES string of the molecule is Nc1cccc(C(=O)NC2CCCCC2O)c1[N+](=O)[O-]. The molecule has 1 saturated carbocycles. The van der Waals surface area contributed by atoms with Gasteiger partial charge in [-0.3, -0.25) is 14.9 Å². The number of nitrogen functional groups attached to an aromatic ring is 1. The van der Waals surface area contributed by atoms with Gasteiger partial charge in [-0.1, -0.05) is 18.9 Å². The molecule has 4 N–H and O–H groups in total. The molecule has 0 heterocycles. The summed E-state index contributed by atoms with van der Waals surface area (Å²) in [5.74, 6) is -0.574. The standard InChI is InChI=1S/C13H17N3O4/c14-9-5-3-4-8(12(9)16(19)20)13(18)15-10-6-1-2-7-11(10)17/h3-5,10-11,17H,1-2,6-7,14H2,(H,15,18). The maximum Gasteiger partial charge on any atom is 0.304 e. The van der Waals surface area contributed by atoms with Gasteiger partial charge in [-0.05, 0) is 25.0 Å². The van der Waals surface area contributed by atoms with Crippen molar-refractivity contribution < 1.29 is 14.8 Å². The van der Waals surface area contributed by atoms with E-state index in [1.165, 1.54) is 18.2 Å². The van der Waals surface area contributed by atoms with Crippen LogP contribution in [0.1, 0.15) is 36.0 Å². The summed E-state index contributed by atoms with van der Waals surface area (Å²) in [6, 6.07) is 3.87. The van der Waals surface area contributed by atoms with E-state index in [9.17, 15) is 20.0 Å². The van der Waals surface area contributed by atoms with Gasteiger partial charge >= 0.3 is 5.69 Å². The molecule has 1 fully saturated rings. The summed E-state index contributed by atoms with van der Waals surface area (Å²) in [5, 5.41) is 23.5. The van der Waals surface area contributed by atoms with Gasteiger partial charge in [0.15, 0.2) is 0 Å². The number of amides is 1. The molecule has 0 aliphatic heterocycles. The van der Waals surface area contributed by atoms with Crippen LogP contribution in [-0.2, 0) is 0 Å². The molecule has 7 heteroatoms. The first kappa shape index (κ1) is 14.3. The Kier molecular flexibility index (Phi) is 4.19. The Morgan fingerprint density at radius 2 is 2.10 bits per heavy atom. The van der Waals surface area contributed by atoms with E-state index >= 15 is 0 Å². The molecule has 0 saturated heterocycles. The van der Waals surface area contributed by atoms with Crippen LogP contribution in [0.2, 0.25) is 0 Å². The topological polar surface area (TPSA) is 118 Å². The number of aliphatic hydroxyl groups excluding tert-OH is 1. The van der Waals surface area contributed by atoms with Crippen LogP contribution in [0.5, 0.6) is 0 Å². The summed E-state index contributed by atoms with van der Waals surface area (Å²) in [5.41, 5.74) is 5.03. The van der Waals surface area contributed by atoms with Crippen LogP contribution >= 0.6 is 0 Å². The third-order valence-corrected chi connectivity index (χ3v) is 3.54. The largest absolute Gasteiger partial charge is 0.393 e. The third-order valence-electron chi connectivity index (χ3n) is 3.54. The Hall–Kier alpha value is -2.15. The highest BCUT2D eigenvalue weighted by molar-refractivity contribution is 6.00. The molecule has 1 amide bonds. The van der Waals surface area contributed by atoms with Gasteiger partial charge in [0, 0.05) is 0 Å². The van der Waals surface area contributed by atoms with E-state index in [4.69, 9.17) is 5.73 Å². The zero-order valence-electron chi connectivity index (χ0n) is 10.9. The maximum absolute atomic E-state index is 12.2. The number of carbonyl (C=O) groups is 1. The Bertz CT molecular complexity index is 532. The first-order valence-electron chi connectivity index (χ1n) is 6.52. The second kappa shape index (κ2) is 5.87. The van der Waals surface area contributed by atoms with E-state index in [0.717, 1.165) is 12.8 Å². The van der Waals surface area contributed by atoms with Crippen molar-refractivity contribution in [2.45, 2.75) is 37.8 Å². The van der Waals surface area contributed by atoms with Crippen molar-refractivity contribution in [3.8, 4) is 0 Å². The molecule has 0 radical (unpaired) electrons. The Morgan fingerprint density at radius 3 is 2.75 bits per heavy atom. The number of aliphatic hydroxyl groups is 1. The maximum atomic E-state index is 12.2. The number of benzene rings is 1. The summed E-state index contributed by atoms with van der Waals surface area (Å²) in [4.78, 5) is 22.5. The summed E-state index contributed by atoms with van der Waals surface area (Å²) < 4.78 is 0. The lowest BCUT2D eigenvalue weighted by molar-refractivity contribution is -0.384. The van der Waals surface area contributed by atoms with Crippen LogP contribution in [0.3, 0.4) is 0 Å². The summed E-state index contributed by atoms with van der Waals surface area (Å²) >= 11 is 0. The van der Waals surface area contributed by atoms with Crippen molar-refractivity contribution in [2.75, 3.05) is 5.73 Å². The molecule has 2 unspecified atom stereocenters. The highest BCUT2D eigenvalue weighted by atomic mass is 16.6. The number of nitrogens with two attached hydrogens (primary N) is 1. The van der Waals surface area contributed by atoms with Crippen molar-refractivity contribution in [1.82, 2.24) is 5.32 Å². The number of hydrogen-bond donors (Lipinski definition) is 3. The van der Waals surface area contributed by atoms with Crippen LogP contribution in [0.4, 0.5) is 11.4 Å². The number of anilines is 1. The average Bonchev–Trinajstić information content (AvgIpc) is 2.40. The Balaban J connectivity index is 2.21. The number of rotatable bonds is 3. The lowest BCUT2D eigenvalue weighted by atomic mass is 9.92. The van der Waals surface area contributed by atoms with Crippen LogP contribution in [0, 0.1) is 10.1 Å². The minimum absolute atomic E-state index is 0.0492. The minimum atomic E-state index is -0.665. The number of nitrogens with zero attached hydrogens (tertiary/aromatic N) is 1. The first-order chi connectivity index (χ1) is 9.50. The van der Waals surface area contributed by atoms with Gasteiger partial charge in [-0.25, -0.2) is 0 Å². The van der Waals surface area contributed by atoms with E-state index < -0.39 is 22.6 Å². The fourth-order valence-electron chi connectivity index (χ4n) is 2.47. The molecule has 108 valence electrons. The molecule has 0 spiro atoms. The average molecular weight is 279 g/mol. The normalized spacial score (nSPS) is 22.2. The smallest absolute Gasteiger partial charge is 0.304 e. The molecule has 1 aliphatic rings. The molecule has 1 aliphatic carbocycles. The highest BCUT2D eigenvalue weighted by Gasteiger charge is 2.28. The molecule has 2 atom stereocenters. The molecule has 1 aromatic rings. The lowest BCUT2D eigenvalue weighted by Gasteiger charge is -2.28. The second-order valence-electron chi connectivity index (χ2n) is 4.93. The minimum Gasteiger partial charge on any atom is -0.393 e. The highest BCUT2D eigenvalue weighted by Crippen LogP contribution is 2.26. The van der Waals surface area contributed by atoms with E-state index in [2.05, 4.69) is 5.32 Å². The summed E-state index contributed by atoms with van der Waals surface area (Å²) in [6.07, 6.45) is 2.54. The van der Waals surface area contributed by atoms with E-state index in [1.807, 2.05) is 0 Å². The molecule has 0 aromatic heterocycles. The predicted molar refractivity (Wildman–Crippen MR) is 73.2 cm³/mol. The lowest BCUT2D eigenvalue weighted by Crippen LogP contribution is -2.45. The van der Waals surface area contributed by atoms with Crippen molar-refractivity contribution in [2.24, 2.45) is 0 Å². The van der Waals surface area contributed by atoms with Crippen molar-refractivity contribution >= 4 is 17.3 Å². The molecular formula is C13H17N3O4. The number of hydrogen-bond acceptors (Lipinski definition) is 5. The fourth-order valence-corrected chi connectivity index (χ4v) is 2.47. The Morgan fingerprint density at radius 1 is 1.40 bits per heavy atom. The third kappa shape index (κ3) is 2.88. The van der Waals surface area contributed by atoms with Gasteiger partial charge < -0.3 is 16.2 Å². The zero-order valence-corrected chi connectivity index (χ0v) is 10.9. The quantitative estimate of drug-likeness (QED) is 0.436. The van der Waals surface area contributed by atoms with Crippen LogP contribution in [-0.4, -0.2) is 28.1 Å². The van der Waals surface area contributed by atoms with Gasteiger partial charge in [0.1, 0.15) is 11.3 Å². The van der Waals surface area contributed by atoms with Crippen LogP contribution in [0.15, 0.2) is 18.2 Å². The number of nitro benzene ring substituents is 1. The summed E-state index contributed by atoms with van der Waals surface area (Å²) in [6.45, 7) is 0. The number of nitrogens with one attached hydrogen (secondary N) is 1. The van der Waals surface area contributed by atoms with Gasteiger partial charge in [-0.15, -0.1) is 0 Å². The van der Waals surface area contributed by atoms with Gasteiger partial charge in [-0.2, -0.15) is 0 Å². The molecule has 1 aromatic carbocycles. The number of para-hydroxylation sites is 1. The Labute approximate surface area is 115 Å². The predicted octanol–water partition coefficient (Wildman–Crippen LogP) is 1.21. The monoisotopic (exact) mass is 279 g/mol. The number of carbonyl (C=O) groups excluding carboxylic acids is 1.